The maximum Gasteiger partial charge on any atom is 0.573 e. The van der Waals surface area contributed by atoms with Crippen LogP contribution in [-0.4, -0.2) is 35.7 Å². The predicted octanol–water partition coefficient (Wildman–Crippen LogP) is 2.84. The van der Waals surface area contributed by atoms with Crippen LogP contribution in [0.2, 0.25) is 0 Å². The predicted molar refractivity (Wildman–Crippen MR) is 104 cm³/mol. The van der Waals surface area contributed by atoms with Crippen LogP contribution in [0.5, 0.6) is 5.75 Å². The molecule has 2 N–H and O–H groups in total. The van der Waals surface area contributed by atoms with Gasteiger partial charge in [-0.15, -0.1) is 37.1 Å². The number of alkyl halides is 3. The zero-order valence-electron chi connectivity index (χ0n) is 14.4. The Balaban J connectivity index is 0.00000338. The zero-order chi connectivity index (χ0) is 18.3. The van der Waals surface area contributed by atoms with E-state index in [4.69, 9.17) is 0 Å². The zero-order valence-corrected chi connectivity index (χ0v) is 16.7. The summed E-state index contributed by atoms with van der Waals surface area (Å²) in [7, 11) is 3.44. The van der Waals surface area contributed by atoms with Crippen molar-refractivity contribution in [1.29, 1.82) is 0 Å². The highest BCUT2D eigenvalue weighted by molar-refractivity contribution is 14.0. The monoisotopic (exact) mass is 483 g/mol. The fraction of sp³-hybridized carbons (Fsp3) is 0.375. The molecule has 1 aromatic carbocycles. The number of ether oxygens (including phenoxy) is 1. The molecule has 1 aromatic heterocycles. The summed E-state index contributed by atoms with van der Waals surface area (Å²) in [6.07, 6.45) is -0.271. The van der Waals surface area contributed by atoms with E-state index < -0.39 is 6.36 Å². The Morgan fingerprint density at radius 3 is 2.62 bits per heavy atom. The van der Waals surface area contributed by atoms with Crippen molar-refractivity contribution in [2.45, 2.75) is 19.3 Å². The number of para-hydroxylation sites is 1. The van der Waals surface area contributed by atoms with Crippen molar-refractivity contribution in [3.05, 3.63) is 47.8 Å². The van der Waals surface area contributed by atoms with Crippen molar-refractivity contribution >= 4 is 29.9 Å². The van der Waals surface area contributed by atoms with Gasteiger partial charge in [-0.3, -0.25) is 9.67 Å². The Hall–Kier alpha value is -1.98. The van der Waals surface area contributed by atoms with Crippen molar-refractivity contribution in [2.24, 2.45) is 12.0 Å². The number of benzene rings is 1. The third-order valence-corrected chi connectivity index (χ3v) is 3.33. The minimum atomic E-state index is -4.72. The van der Waals surface area contributed by atoms with Crippen molar-refractivity contribution in [3.8, 4) is 5.75 Å². The number of nitrogens with one attached hydrogen (secondary N) is 2. The number of nitrogens with zero attached hydrogens (tertiary/aromatic N) is 3. The number of rotatable bonds is 6. The Morgan fingerprint density at radius 2 is 2.00 bits per heavy atom. The fourth-order valence-electron chi connectivity index (χ4n) is 2.20. The average Bonchev–Trinajstić information content (AvgIpc) is 2.96. The van der Waals surface area contributed by atoms with E-state index in [9.17, 15) is 13.2 Å². The van der Waals surface area contributed by atoms with Crippen molar-refractivity contribution < 1.29 is 17.9 Å². The molecule has 0 fully saturated rings. The Labute approximate surface area is 166 Å². The minimum absolute atomic E-state index is 0. The highest BCUT2D eigenvalue weighted by Gasteiger charge is 2.31. The largest absolute Gasteiger partial charge is 0.573 e. The highest BCUT2D eigenvalue weighted by atomic mass is 127. The quantitative estimate of drug-likeness (QED) is 0.377. The molecule has 2 aromatic rings. The van der Waals surface area contributed by atoms with Gasteiger partial charge in [0, 0.05) is 38.9 Å². The van der Waals surface area contributed by atoms with Crippen LogP contribution in [0.15, 0.2) is 41.7 Å². The first-order valence-electron chi connectivity index (χ1n) is 7.63. The maximum atomic E-state index is 12.4. The van der Waals surface area contributed by atoms with Gasteiger partial charge in [0.25, 0.3) is 0 Å². The summed E-state index contributed by atoms with van der Waals surface area (Å²) < 4.78 is 43.0. The van der Waals surface area contributed by atoms with Gasteiger partial charge in [-0.05, 0) is 18.1 Å². The standard InChI is InChI=1S/C16H20F3N5O.HI/c1-20-15(21-8-7-12-9-23-24(2)11-12)22-10-13-5-3-4-6-14(13)25-16(17,18)19;/h3-6,9,11H,7-8,10H2,1-2H3,(H2,20,21,22);1H. The fourth-order valence-corrected chi connectivity index (χ4v) is 2.20. The van der Waals surface area contributed by atoms with Gasteiger partial charge >= 0.3 is 6.36 Å². The van der Waals surface area contributed by atoms with Crippen LogP contribution >= 0.6 is 24.0 Å². The maximum absolute atomic E-state index is 12.4. The second-order valence-corrected chi connectivity index (χ2v) is 5.28. The van der Waals surface area contributed by atoms with Gasteiger partial charge in [-0.25, -0.2) is 0 Å². The lowest BCUT2D eigenvalue weighted by atomic mass is 10.2. The van der Waals surface area contributed by atoms with Gasteiger partial charge in [0.2, 0.25) is 0 Å². The van der Waals surface area contributed by atoms with Crippen LogP contribution in [0.3, 0.4) is 0 Å². The van der Waals surface area contributed by atoms with E-state index in [1.807, 2.05) is 13.2 Å². The first-order chi connectivity index (χ1) is 11.9. The molecule has 10 heteroatoms. The molecule has 6 nitrogen and oxygen atoms in total. The first-order valence-corrected chi connectivity index (χ1v) is 7.63. The van der Waals surface area contributed by atoms with Crippen molar-refractivity contribution in [1.82, 2.24) is 20.4 Å². The first kappa shape index (κ1) is 22.1. The molecule has 0 aliphatic carbocycles. The number of hydrogen-bond donors (Lipinski definition) is 2. The molecule has 0 unspecified atom stereocenters. The van der Waals surface area contributed by atoms with Gasteiger partial charge in [-0.1, -0.05) is 18.2 Å². The molecule has 0 atom stereocenters. The summed E-state index contributed by atoms with van der Waals surface area (Å²) in [5, 5.41) is 10.2. The van der Waals surface area contributed by atoms with Gasteiger partial charge in [0.1, 0.15) is 5.75 Å². The van der Waals surface area contributed by atoms with Gasteiger partial charge in [-0.2, -0.15) is 5.10 Å². The number of guanidine groups is 1. The SMILES string of the molecule is CN=C(NCCc1cnn(C)c1)NCc1ccccc1OC(F)(F)F.I. The number of aryl methyl sites for hydroxylation is 1. The van der Waals surface area contributed by atoms with Crippen LogP contribution in [0.25, 0.3) is 0 Å². The Bertz CT molecular complexity index is 718. The van der Waals surface area contributed by atoms with E-state index in [0.717, 1.165) is 12.0 Å². The molecular formula is C16H21F3IN5O. The molecule has 0 radical (unpaired) electrons. The average molecular weight is 483 g/mol. The topological polar surface area (TPSA) is 63.5 Å². The molecule has 26 heavy (non-hydrogen) atoms. The molecule has 0 amide bonds. The van der Waals surface area contributed by atoms with Crippen LogP contribution in [0, 0.1) is 0 Å². The Morgan fingerprint density at radius 1 is 1.27 bits per heavy atom. The molecule has 0 saturated carbocycles. The van der Waals surface area contributed by atoms with E-state index in [0.29, 0.717) is 18.1 Å². The van der Waals surface area contributed by atoms with Gasteiger partial charge in [0.15, 0.2) is 5.96 Å². The van der Waals surface area contributed by atoms with Crippen molar-refractivity contribution in [3.63, 3.8) is 0 Å². The molecule has 1 heterocycles. The van der Waals surface area contributed by atoms with Crippen molar-refractivity contribution in [2.75, 3.05) is 13.6 Å². The van der Waals surface area contributed by atoms with Crippen LogP contribution in [0.1, 0.15) is 11.1 Å². The summed E-state index contributed by atoms with van der Waals surface area (Å²) in [6.45, 7) is 0.769. The summed E-state index contributed by atoms with van der Waals surface area (Å²) in [4.78, 5) is 4.05. The third-order valence-electron chi connectivity index (χ3n) is 3.33. The van der Waals surface area contributed by atoms with E-state index in [1.165, 1.54) is 12.1 Å². The molecule has 0 bridgehead atoms. The van der Waals surface area contributed by atoms with E-state index >= 15 is 0 Å². The van der Waals surface area contributed by atoms with E-state index in [-0.39, 0.29) is 36.3 Å². The third kappa shape index (κ3) is 7.50. The lowest BCUT2D eigenvalue weighted by molar-refractivity contribution is -0.274. The summed E-state index contributed by atoms with van der Waals surface area (Å²) in [5.41, 5.74) is 1.46. The molecule has 0 aliphatic heterocycles. The number of aromatic nitrogens is 2. The smallest absolute Gasteiger partial charge is 0.405 e. The van der Waals surface area contributed by atoms with Gasteiger partial charge < -0.3 is 15.4 Å². The molecule has 0 aliphatic rings. The highest BCUT2D eigenvalue weighted by Crippen LogP contribution is 2.25. The molecule has 0 spiro atoms. The molecular weight excluding hydrogens is 462 g/mol. The molecule has 2 rings (SSSR count). The lowest BCUT2D eigenvalue weighted by Crippen LogP contribution is -2.38. The van der Waals surface area contributed by atoms with Crippen LogP contribution in [-0.2, 0) is 20.0 Å². The second-order valence-electron chi connectivity index (χ2n) is 5.28. The van der Waals surface area contributed by atoms with Gasteiger partial charge in [0.05, 0.1) is 6.20 Å². The summed E-state index contributed by atoms with van der Waals surface area (Å²) in [5.74, 6) is 0.263. The minimum Gasteiger partial charge on any atom is -0.405 e. The van der Waals surface area contributed by atoms with Crippen LogP contribution in [0.4, 0.5) is 13.2 Å². The normalized spacial score (nSPS) is 11.7. The number of hydrogen-bond acceptors (Lipinski definition) is 3. The lowest BCUT2D eigenvalue weighted by Gasteiger charge is -2.15. The molecule has 0 saturated heterocycles. The van der Waals surface area contributed by atoms with E-state index in [1.54, 1.807) is 30.1 Å². The number of halogens is 4. The van der Waals surface area contributed by atoms with E-state index in [2.05, 4.69) is 25.5 Å². The Kier molecular flexibility index (Phi) is 8.69. The second kappa shape index (κ2) is 10.2. The summed E-state index contributed by atoms with van der Waals surface area (Å²) >= 11 is 0. The van der Waals surface area contributed by atoms with Crippen LogP contribution < -0.4 is 15.4 Å². The number of aliphatic imine (C=N–C) groups is 1. The summed E-state index contributed by atoms with van der Waals surface area (Å²) in [6, 6.07) is 5.99. The molecule has 144 valence electrons.